The van der Waals surface area contributed by atoms with Crippen molar-refractivity contribution in [3.05, 3.63) is 35.4 Å². The van der Waals surface area contributed by atoms with Crippen molar-refractivity contribution >= 4 is 5.69 Å². The lowest BCUT2D eigenvalue weighted by atomic mass is 9.48. The number of allylic oxidation sites excluding steroid dienone is 1. The van der Waals surface area contributed by atoms with Gasteiger partial charge in [0.15, 0.2) is 0 Å². The van der Waals surface area contributed by atoms with Gasteiger partial charge in [0.2, 0.25) is 0 Å². The van der Waals surface area contributed by atoms with Gasteiger partial charge in [0.1, 0.15) is 5.75 Å². The molecule has 2 heteroatoms. The summed E-state index contributed by atoms with van der Waals surface area (Å²) in [6.45, 7) is 7.60. The van der Waals surface area contributed by atoms with Gasteiger partial charge >= 0.3 is 0 Å². The first-order chi connectivity index (χ1) is 9.48. The van der Waals surface area contributed by atoms with Crippen LogP contribution in [0.4, 0.5) is 5.69 Å². The van der Waals surface area contributed by atoms with Crippen molar-refractivity contribution in [3.8, 4) is 5.75 Å². The predicted octanol–water partition coefficient (Wildman–Crippen LogP) is 4.34. The summed E-state index contributed by atoms with van der Waals surface area (Å²) in [7, 11) is 0. The van der Waals surface area contributed by atoms with E-state index in [1.54, 1.807) is 5.57 Å². The summed E-state index contributed by atoms with van der Waals surface area (Å²) in [6, 6.07) is 5.99. The van der Waals surface area contributed by atoms with Gasteiger partial charge in [-0.2, -0.15) is 0 Å². The molecular weight excluding hydrogens is 246 g/mol. The second-order valence-corrected chi connectivity index (χ2v) is 6.96. The number of nitrogen functional groups attached to an aromatic ring is 1. The quantitative estimate of drug-likeness (QED) is 0.653. The number of benzene rings is 1. The summed E-state index contributed by atoms with van der Waals surface area (Å²) in [5.74, 6) is 2.50. The maximum atomic E-state index is 5.98. The summed E-state index contributed by atoms with van der Waals surface area (Å²) in [4.78, 5) is 0. The number of aryl methyl sites for hydroxylation is 1. The maximum absolute atomic E-state index is 5.98. The topological polar surface area (TPSA) is 35.2 Å². The van der Waals surface area contributed by atoms with Crippen molar-refractivity contribution in [3.63, 3.8) is 0 Å². The minimum atomic E-state index is 0.507. The molecule has 2 N–H and O–H groups in total. The zero-order valence-corrected chi connectivity index (χ0v) is 12.8. The van der Waals surface area contributed by atoms with Crippen LogP contribution >= 0.6 is 0 Å². The number of ether oxygens (including phenoxy) is 1. The lowest BCUT2D eigenvalue weighted by Crippen LogP contribution is -2.48. The fraction of sp³-hybridized carbons (Fsp3) is 0.556. The van der Waals surface area contributed by atoms with Crippen LogP contribution in [0.5, 0.6) is 5.75 Å². The van der Waals surface area contributed by atoms with E-state index < -0.39 is 0 Å². The molecule has 4 rings (SSSR count). The van der Waals surface area contributed by atoms with E-state index in [0.717, 1.165) is 36.3 Å². The zero-order chi connectivity index (χ0) is 14.3. The molecule has 1 aromatic carbocycles. The molecule has 2 bridgehead atoms. The molecule has 3 aliphatic rings. The summed E-state index contributed by atoms with van der Waals surface area (Å²) in [6.07, 6.45) is 6.12. The van der Waals surface area contributed by atoms with Crippen LogP contribution in [-0.2, 0) is 0 Å². The number of anilines is 1. The van der Waals surface area contributed by atoms with Crippen molar-refractivity contribution in [1.29, 1.82) is 0 Å². The molecule has 0 heterocycles. The molecule has 2 unspecified atom stereocenters. The van der Waals surface area contributed by atoms with Gasteiger partial charge in [-0.05, 0) is 54.7 Å². The Hall–Kier alpha value is -1.44. The molecular formula is C18H25NO. The van der Waals surface area contributed by atoms with Crippen molar-refractivity contribution in [2.75, 3.05) is 12.3 Å². The van der Waals surface area contributed by atoms with Gasteiger partial charge < -0.3 is 10.5 Å². The van der Waals surface area contributed by atoms with E-state index >= 15 is 0 Å². The third-order valence-electron chi connectivity index (χ3n) is 5.40. The number of hydrogen-bond donors (Lipinski definition) is 1. The van der Waals surface area contributed by atoms with E-state index in [2.05, 4.69) is 19.9 Å². The van der Waals surface area contributed by atoms with Gasteiger partial charge in [0.05, 0.1) is 12.3 Å². The van der Waals surface area contributed by atoms with Gasteiger partial charge in [0.25, 0.3) is 0 Å². The molecule has 1 fully saturated rings. The van der Waals surface area contributed by atoms with E-state index in [1.807, 2.05) is 25.1 Å². The van der Waals surface area contributed by atoms with Crippen molar-refractivity contribution in [2.24, 2.45) is 17.3 Å². The standard InChI is InChI=1S/C18H25NO/c1-12-4-7-17(16(19)10-12)20-9-8-13-5-6-14-11-15(13)18(14,2)3/h4-5,7,10,14-15H,6,8-9,11,19H2,1-3H3. The van der Waals surface area contributed by atoms with E-state index in [0.29, 0.717) is 5.41 Å². The Morgan fingerprint density at radius 3 is 2.80 bits per heavy atom. The summed E-state index contributed by atoms with van der Waals surface area (Å²) in [5.41, 5.74) is 10.0. The van der Waals surface area contributed by atoms with Crippen LogP contribution in [0, 0.1) is 24.2 Å². The monoisotopic (exact) mass is 271 g/mol. The largest absolute Gasteiger partial charge is 0.491 e. The van der Waals surface area contributed by atoms with Gasteiger partial charge in [-0.25, -0.2) is 0 Å². The molecule has 108 valence electrons. The van der Waals surface area contributed by atoms with Gasteiger partial charge in [-0.3, -0.25) is 0 Å². The lowest BCUT2D eigenvalue weighted by molar-refractivity contribution is -0.00916. The van der Waals surface area contributed by atoms with Crippen LogP contribution in [0.1, 0.15) is 38.7 Å². The SMILES string of the molecule is Cc1ccc(OCCC2=CCC3CC2C3(C)C)c(N)c1. The van der Waals surface area contributed by atoms with Crippen molar-refractivity contribution in [1.82, 2.24) is 0 Å². The number of rotatable bonds is 4. The van der Waals surface area contributed by atoms with Crippen LogP contribution in [0.2, 0.25) is 0 Å². The highest BCUT2D eigenvalue weighted by molar-refractivity contribution is 5.54. The maximum Gasteiger partial charge on any atom is 0.142 e. The number of fused-ring (bicyclic) bond motifs is 1. The lowest BCUT2D eigenvalue weighted by Gasteiger charge is -2.56. The van der Waals surface area contributed by atoms with Crippen molar-refractivity contribution < 1.29 is 4.74 Å². The Labute approximate surface area is 122 Å². The average Bonchev–Trinajstić information content (AvgIpc) is 2.41. The Morgan fingerprint density at radius 1 is 1.35 bits per heavy atom. The molecule has 0 aliphatic heterocycles. The Morgan fingerprint density at radius 2 is 2.15 bits per heavy atom. The summed E-state index contributed by atoms with van der Waals surface area (Å²) < 4.78 is 5.86. The molecule has 2 atom stereocenters. The molecule has 0 radical (unpaired) electrons. The number of nitrogens with two attached hydrogens (primary N) is 1. The normalized spacial score (nSPS) is 26.6. The minimum absolute atomic E-state index is 0.507. The van der Waals surface area contributed by atoms with E-state index in [-0.39, 0.29) is 0 Å². The molecule has 2 nitrogen and oxygen atoms in total. The highest BCUT2D eigenvalue weighted by atomic mass is 16.5. The van der Waals surface area contributed by atoms with Gasteiger partial charge in [-0.1, -0.05) is 31.6 Å². The fourth-order valence-electron chi connectivity index (χ4n) is 3.84. The van der Waals surface area contributed by atoms with Crippen molar-refractivity contribution in [2.45, 2.75) is 40.0 Å². The van der Waals surface area contributed by atoms with E-state index in [4.69, 9.17) is 10.5 Å². The van der Waals surface area contributed by atoms with Gasteiger partial charge in [0, 0.05) is 6.42 Å². The Kier molecular flexibility index (Phi) is 3.27. The smallest absolute Gasteiger partial charge is 0.142 e. The first-order valence-electron chi connectivity index (χ1n) is 7.66. The fourth-order valence-corrected chi connectivity index (χ4v) is 3.84. The third-order valence-corrected chi connectivity index (χ3v) is 5.40. The molecule has 0 amide bonds. The van der Waals surface area contributed by atoms with Crippen LogP contribution in [-0.4, -0.2) is 6.61 Å². The summed E-state index contributed by atoms with van der Waals surface area (Å²) >= 11 is 0. The van der Waals surface area contributed by atoms with E-state index in [9.17, 15) is 0 Å². The van der Waals surface area contributed by atoms with Crippen LogP contribution in [0.3, 0.4) is 0 Å². The highest BCUT2D eigenvalue weighted by Crippen LogP contribution is 2.59. The first-order valence-corrected chi connectivity index (χ1v) is 7.66. The minimum Gasteiger partial charge on any atom is -0.491 e. The van der Waals surface area contributed by atoms with Gasteiger partial charge in [-0.15, -0.1) is 0 Å². The average molecular weight is 271 g/mol. The second kappa shape index (κ2) is 4.83. The molecule has 0 saturated heterocycles. The zero-order valence-electron chi connectivity index (χ0n) is 12.8. The predicted molar refractivity (Wildman–Crippen MR) is 83.8 cm³/mol. The molecule has 1 aromatic rings. The molecule has 3 aliphatic carbocycles. The molecule has 1 saturated carbocycles. The highest BCUT2D eigenvalue weighted by Gasteiger charge is 2.50. The third kappa shape index (κ3) is 2.21. The van der Waals surface area contributed by atoms with E-state index in [1.165, 1.54) is 18.4 Å². The second-order valence-electron chi connectivity index (χ2n) is 6.96. The van der Waals surface area contributed by atoms with Crippen LogP contribution in [0.25, 0.3) is 0 Å². The molecule has 0 spiro atoms. The number of hydrogen-bond acceptors (Lipinski definition) is 2. The summed E-state index contributed by atoms with van der Waals surface area (Å²) in [5, 5.41) is 0. The Bertz CT molecular complexity index is 544. The molecule has 0 aromatic heterocycles. The molecule has 20 heavy (non-hydrogen) atoms. The van der Waals surface area contributed by atoms with Crippen LogP contribution in [0.15, 0.2) is 29.8 Å². The van der Waals surface area contributed by atoms with Crippen LogP contribution < -0.4 is 10.5 Å². The Balaban J connectivity index is 1.57. The first kappa shape index (κ1) is 13.5.